The highest BCUT2D eigenvalue weighted by molar-refractivity contribution is 6.05. The fraction of sp³-hybridized carbons (Fsp3) is 0.537. The van der Waals surface area contributed by atoms with Crippen LogP contribution in [0.2, 0.25) is 0 Å². The predicted molar refractivity (Wildman–Crippen MR) is 206 cm³/mol. The minimum Gasteiger partial charge on any atom is -0.507 e. The summed E-state index contributed by atoms with van der Waals surface area (Å²) in [4.78, 5) is 49.2. The number of benzene rings is 2. The van der Waals surface area contributed by atoms with Gasteiger partial charge in [0.25, 0.3) is 5.91 Å². The number of fused-ring (bicyclic) bond motifs is 4. The molecule has 284 valence electrons. The molecule has 3 amide bonds. The van der Waals surface area contributed by atoms with Crippen LogP contribution < -0.4 is 20.4 Å². The molecule has 0 saturated carbocycles. The highest BCUT2D eigenvalue weighted by Crippen LogP contribution is 2.38. The molecule has 7 heterocycles. The van der Waals surface area contributed by atoms with Gasteiger partial charge in [-0.3, -0.25) is 24.6 Å². The molecule has 6 aliphatic heterocycles. The minimum absolute atomic E-state index is 0.116. The van der Waals surface area contributed by atoms with Gasteiger partial charge < -0.3 is 30.0 Å². The summed E-state index contributed by atoms with van der Waals surface area (Å²) in [7, 11) is 0. The fourth-order valence-corrected chi connectivity index (χ4v) is 9.79. The van der Waals surface area contributed by atoms with Crippen molar-refractivity contribution >= 4 is 34.9 Å². The first kappa shape index (κ1) is 35.0. The third kappa shape index (κ3) is 6.76. The molecule has 1 aromatic heterocycles. The van der Waals surface area contributed by atoms with Crippen LogP contribution >= 0.6 is 0 Å². The number of nitrogens with zero attached hydrogens (tertiary/aromatic N) is 7. The zero-order valence-electron chi connectivity index (χ0n) is 31.2. The van der Waals surface area contributed by atoms with Crippen LogP contribution in [0.1, 0.15) is 61.4 Å². The number of phenolic OH excluding ortho intramolecular Hbond substituents is 1. The molecule has 13 nitrogen and oxygen atoms in total. The maximum absolute atomic E-state index is 13.2. The van der Waals surface area contributed by atoms with E-state index < -0.39 is 6.04 Å². The van der Waals surface area contributed by atoms with Gasteiger partial charge >= 0.3 is 0 Å². The number of carbonyl (C=O) groups is 3. The molecule has 2 aromatic carbocycles. The first-order valence-corrected chi connectivity index (χ1v) is 19.8. The Morgan fingerprint density at radius 2 is 1.69 bits per heavy atom. The Balaban J connectivity index is 0.737. The molecule has 0 bridgehead atoms. The molecule has 6 aliphatic rings. The summed E-state index contributed by atoms with van der Waals surface area (Å²) in [6.07, 6.45) is 5.42. The smallest absolute Gasteiger partial charge is 0.255 e. The normalized spacial score (nSPS) is 24.8. The van der Waals surface area contributed by atoms with Crippen LogP contribution in [0.15, 0.2) is 48.5 Å². The number of likely N-dealkylation sites (tertiary alicyclic amines) is 1. The van der Waals surface area contributed by atoms with Crippen LogP contribution in [0, 0.1) is 11.3 Å². The first-order chi connectivity index (χ1) is 26.2. The monoisotopic (exact) mass is 733 g/mol. The zero-order chi connectivity index (χ0) is 37.0. The van der Waals surface area contributed by atoms with E-state index in [9.17, 15) is 19.5 Å². The van der Waals surface area contributed by atoms with E-state index in [4.69, 9.17) is 0 Å². The molecule has 0 radical (unpaired) electrons. The van der Waals surface area contributed by atoms with Gasteiger partial charge in [0.05, 0.1) is 17.4 Å². The average Bonchev–Trinajstić information content (AvgIpc) is 3.50. The Hall–Kier alpha value is -4.75. The standard InChI is InChI=1S/C41H51N9O4/c1-41(26-47-18-19-49-30(25-47)22-42-38-35(49)21-33(44-45-38)32-4-2-3-5-36(32)51)12-16-46(17-13-41)23-27-10-14-48(15-11-27)29-6-7-31-28(20-29)24-50(40(31)54)34-8-9-37(52)43-39(34)53/h2-7,20-21,27,30,34,51H,8-19,22-26H2,1H3,(H,42,45)(H,43,52,53)/t30-,34?/m0/s1. The predicted octanol–water partition coefficient (Wildman–Crippen LogP) is 3.55. The van der Waals surface area contributed by atoms with Crippen molar-refractivity contribution in [1.82, 2.24) is 30.2 Å². The van der Waals surface area contributed by atoms with Gasteiger partial charge in [0.1, 0.15) is 11.8 Å². The number of carbonyl (C=O) groups excluding carboxylic acids is 3. The van der Waals surface area contributed by atoms with Crippen LogP contribution in [0.3, 0.4) is 0 Å². The third-order valence-electron chi connectivity index (χ3n) is 13.0. The number of anilines is 3. The van der Waals surface area contributed by atoms with Gasteiger partial charge in [-0.05, 0) is 98.5 Å². The molecule has 4 fully saturated rings. The summed E-state index contributed by atoms with van der Waals surface area (Å²) in [6, 6.07) is 15.3. The Kier molecular flexibility index (Phi) is 9.17. The van der Waals surface area contributed by atoms with Gasteiger partial charge in [-0.2, -0.15) is 0 Å². The molecule has 0 spiro atoms. The summed E-state index contributed by atoms with van der Waals surface area (Å²) in [5, 5.41) is 25.2. The number of imide groups is 1. The highest BCUT2D eigenvalue weighted by atomic mass is 16.3. The van der Waals surface area contributed by atoms with Crippen molar-refractivity contribution in [3.63, 3.8) is 0 Å². The van der Waals surface area contributed by atoms with Gasteiger partial charge in [-0.1, -0.05) is 19.1 Å². The summed E-state index contributed by atoms with van der Waals surface area (Å²) in [5.41, 5.74) is 5.58. The molecule has 13 heteroatoms. The molecule has 54 heavy (non-hydrogen) atoms. The lowest BCUT2D eigenvalue weighted by atomic mass is 9.79. The van der Waals surface area contributed by atoms with Crippen LogP contribution in [0.4, 0.5) is 17.2 Å². The lowest BCUT2D eigenvalue weighted by molar-refractivity contribution is -0.136. The van der Waals surface area contributed by atoms with E-state index in [-0.39, 0.29) is 29.9 Å². The van der Waals surface area contributed by atoms with Gasteiger partial charge in [-0.25, -0.2) is 0 Å². The van der Waals surface area contributed by atoms with E-state index in [1.807, 2.05) is 24.3 Å². The van der Waals surface area contributed by atoms with Crippen molar-refractivity contribution < 1.29 is 19.5 Å². The minimum atomic E-state index is -0.582. The fourth-order valence-electron chi connectivity index (χ4n) is 9.79. The molecular formula is C41H51N9O4. The van der Waals surface area contributed by atoms with Crippen LogP contribution in [-0.4, -0.2) is 125 Å². The van der Waals surface area contributed by atoms with Crippen LogP contribution in [0.25, 0.3) is 11.3 Å². The van der Waals surface area contributed by atoms with Crippen LogP contribution in [-0.2, 0) is 16.1 Å². The van der Waals surface area contributed by atoms with Crippen molar-refractivity contribution in [3.8, 4) is 17.0 Å². The summed E-state index contributed by atoms with van der Waals surface area (Å²) in [6.45, 7) is 13.4. The lowest BCUT2D eigenvalue weighted by Crippen LogP contribution is -2.59. The highest BCUT2D eigenvalue weighted by Gasteiger charge is 2.40. The Bertz CT molecular complexity index is 1940. The van der Waals surface area contributed by atoms with Crippen molar-refractivity contribution in [1.29, 1.82) is 0 Å². The van der Waals surface area contributed by atoms with Crippen molar-refractivity contribution in [2.24, 2.45) is 11.3 Å². The largest absolute Gasteiger partial charge is 0.507 e. The molecule has 1 unspecified atom stereocenters. The quantitative estimate of drug-likeness (QED) is 0.308. The third-order valence-corrected chi connectivity index (χ3v) is 13.0. The van der Waals surface area contributed by atoms with E-state index in [1.54, 1.807) is 11.0 Å². The van der Waals surface area contributed by atoms with E-state index >= 15 is 0 Å². The number of piperazine rings is 1. The average molecular weight is 734 g/mol. The number of aromatic nitrogens is 2. The van der Waals surface area contributed by atoms with Gasteiger partial charge in [-0.15, -0.1) is 10.2 Å². The number of rotatable bonds is 7. The Morgan fingerprint density at radius 1 is 0.870 bits per heavy atom. The maximum Gasteiger partial charge on any atom is 0.255 e. The molecule has 4 saturated heterocycles. The zero-order valence-corrected chi connectivity index (χ0v) is 31.2. The van der Waals surface area contributed by atoms with Crippen LogP contribution in [0.5, 0.6) is 5.75 Å². The molecule has 0 aliphatic carbocycles. The number of para-hydroxylation sites is 1. The molecule has 2 atom stereocenters. The number of nitrogens with one attached hydrogen (secondary N) is 2. The lowest BCUT2D eigenvalue weighted by Gasteiger charge is -2.49. The van der Waals surface area contributed by atoms with Crippen molar-refractivity contribution in [3.05, 3.63) is 59.7 Å². The summed E-state index contributed by atoms with van der Waals surface area (Å²) >= 11 is 0. The number of phenols is 1. The number of piperidine rings is 3. The van der Waals surface area contributed by atoms with Gasteiger partial charge in [0.15, 0.2) is 5.82 Å². The molecular weight excluding hydrogens is 683 g/mol. The number of aromatic hydroxyl groups is 1. The second kappa shape index (κ2) is 14.2. The summed E-state index contributed by atoms with van der Waals surface area (Å²) < 4.78 is 0. The Labute approximate surface area is 316 Å². The molecule has 3 N–H and O–H groups in total. The van der Waals surface area contributed by atoms with E-state index in [0.717, 1.165) is 94.5 Å². The maximum atomic E-state index is 13.2. The van der Waals surface area contributed by atoms with E-state index in [0.29, 0.717) is 47.2 Å². The first-order valence-electron chi connectivity index (χ1n) is 19.8. The SMILES string of the molecule is CC1(CN2CCN3c4cc(-c5ccccc5O)nnc4NC[C@H]3C2)CCN(CC2CCN(c3ccc4c(c3)CN(C3CCC(=O)NC3=O)C4=O)CC2)CC1. The van der Waals surface area contributed by atoms with Crippen molar-refractivity contribution in [2.45, 2.75) is 64.1 Å². The second-order valence-corrected chi connectivity index (χ2v) is 16.7. The molecule has 9 rings (SSSR count). The topological polar surface area (TPSA) is 137 Å². The van der Waals surface area contributed by atoms with E-state index in [2.05, 4.69) is 65.6 Å². The number of amides is 3. The number of hydrogen-bond acceptors (Lipinski definition) is 11. The van der Waals surface area contributed by atoms with E-state index in [1.165, 1.54) is 19.4 Å². The summed E-state index contributed by atoms with van der Waals surface area (Å²) in [5.74, 6) is 0.985. The number of hydrogen-bond donors (Lipinski definition) is 3. The Morgan fingerprint density at radius 3 is 2.48 bits per heavy atom. The van der Waals surface area contributed by atoms with Gasteiger partial charge in [0, 0.05) is 82.1 Å². The molecule has 3 aromatic rings. The second-order valence-electron chi connectivity index (χ2n) is 16.7. The van der Waals surface area contributed by atoms with Crippen molar-refractivity contribution in [2.75, 3.05) is 80.6 Å². The van der Waals surface area contributed by atoms with Gasteiger partial charge in [0.2, 0.25) is 11.8 Å².